The number of hydrogen-bond acceptors (Lipinski definition) is 3. The average Bonchev–Trinajstić information content (AvgIpc) is 2.97. The lowest BCUT2D eigenvalue weighted by Crippen LogP contribution is -2.23. The Hall–Kier alpha value is -1.58. The van der Waals surface area contributed by atoms with Gasteiger partial charge in [-0.15, -0.1) is 0 Å². The first kappa shape index (κ1) is 11.9. The highest BCUT2D eigenvalue weighted by molar-refractivity contribution is 5.71. The second-order valence-electron chi connectivity index (χ2n) is 4.22. The Balaban J connectivity index is 1.96. The maximum atomic E-state index is 13.0. The summed E-state index contributed by atoms with van der Waals surface area (Å²) in [5.74, 6) is -0.136. The van der Waals surface area contributed by atoms with Gasteiger partial charge in [-0.3, -0.25) is 4.79 Å². The fraction of sp³-hybridized carbons (Fsp3) is 0.462. The largest absolute Gasteiger partial charge is 0.487 e. The van der Waals surface area contributed by atoms with E-state index < -0.39 is 5.60 Å². The zero-order chi connectivity index (χ0) is 12.3. The van der Waals surface area contributed by atoms with Gasteiger partial charge in [-0.2, -0.15) is 0 Å². The van der Waals surface area contributed by atoms with Crippen LogP contribution < -0.4 is 4.74 Å². The second kappa shape index (κ2) is 4.73. The Labute approximate surface area is 99.5 Å². The summed E-state index contributed by atoms with van der Waals surface area (Å²) in [7, 11) is 0. The molecule has 0 amide bonds. The summed E-state index contributed by atoms with van der Waals surface area (Å²) >= 11 is 0. The molecule has 0 unspecified atom stereocenters. The third-order valence-corrected chi connectivity index (χ3v) is 2.71. The molecule has 0 bridgehead atoms. The van der Waals surface area contributed by atoms with Crippen molar-refractivity contribution in [2.24, 2.45) is 0 Å². The van der Waals surface area contributed by atoms with E-state index in [9.17, 15) is 9.18 Å². The van der Waals surface area contributed by atoms with Crippen LogP contribution in [0.4, 0.5) is 4.39 Å². The summed E-state index contributed by atoms with van der Waals surface area (Å²) in [6, 6.07) is 5.96. The van der Waals surface area contributed by atoms with Crippen molar-refractivity contribution in [3.63, 3.8) is 0 Å². The van der Waals surface area contributed by atoms with Crippen LogP contribution in [0, 0.1) is 5.82 Å². The molecule has 0 heterocycles. The quantitative estimate of drug-likeness (QED) is 0.740. The molecule has 17 heavy (non-hydrogen) atoms. The molecular formula is C13H15FO3. The molecule has 1 aromatic rings. The zero-order valence-corrected chi connectivity index (χ0v) is 9.74. The number of ether oxygens (including phenoxy) is 2. The van der Waals surface area contributed by atoms with Crippen LogP contribution in [0.3, 0.4) is 0 Å². The van der Waals surface area contributed by atoms with Crippen molar-refractivity contribution in [2.45, 2.75) is 31.8 Å². The van der Waals surface area contributed by atoms with Crippen LogP contribution in [0.2, 0.25) is 0 Å². The highest BCUT2D eigenvalue weighted by Gasteiger charge is 2.47. The van der Waals surface area contributed by atoms with E-state index in [1.54, 1.807) is 19.1 Å². The van der Waals surface area contributed by atoms with Crippen molar-refractivity contribution < 1.29 is 18.7 Å². The highest BCUT2D eigenvalue weighted by Crippen LogP contribution is 2.43. The smallest absolute Gasteiger partial charge is 0.309 e. The van der Waals surface area contributed by atoms with Gasteiger partial charge in [0.1, 0.15) is 17.2 Å². The van der Waals surface area contributed by atoms with Crippen molar-refractivity contribution in [3.05, 3.63) is 30.1 Å². The number of rotatable bonds is 5. The third-order valence-electron chi connectivity index (χ3n) is 2.71. The van der Waals surface area contributed by atoms with Gasteiger partial charge in [-0.05, 0) is 31.9 Å². The minimum atomic E-state index is -0.472. The Morgan fingerprint density at radius 2 is 2.24 bits per heavy atom. The fourth-order valence-electron chi connectivity index (χ4n) is 1.71. The van der Waals surface area contributed by atoms with Crippen LogP contribution in [0.5, 0.6) is 5.75 Å². The number of benzene rings is 1. The van der Waals surface area contributed by atoms with E-state index in [1.807, 2.05) is 0 Å². The van der Waals surface area contributed by atoms with E-state index in [0.717, 1.165) is 12.8 Å². The fourth-order valence-corrected chi connectivity index (χ4v) is 1.71. The Morgan fingerprint density at radius 3 is 2.82 bits per heavy atom. The molecule has 0 aromatic heterocycles. The van der Waals surface area contributed by atoms with Crippen molar-refractivity contribution in [1.29, 1.82) is 0 Å². The first-order chi connectivity index (χ1) is 8.13. The first-order valence-electron chi connectivity index (χ1n) is 5.74. The monoisotopic (exact) mass is 238 g/mol. The topological polar surface area (TPSA) is 35.5 Å². The van der Waals surface area contributed by atoms with E-state index in [1.165, 1.54) is 12.1 Å². The van der Waals surface area contributed by atoms with Gasteiger partial charge < -0.3 is 9.47 Å². The maximum Gasteiger partial charge on any atom is 0.309 e. The maximum absolute atomic E-state index is 13.0. The number of carbonyl (C=O) groups excluding carboxylic acids is 1. The third kappa shape index (κ3) is 3.19. The van der Waals surface area contributed by atoms with E-state index in [-0.39, 0.29) is 18.2 Å². The number of hydrogen-bond donors (Lipinski definition) is 0. The van der Waals surface area contributed by atoms with Crippen LogP contribution in [-0.4, -0.2) is 18.2 Å². The predicted octanol–water partition coefficient (Wildman–Crippen LogP) is 2.69. The molecule has 0 radical (unpaired) electrons. The van der Waals surface area contributed by atoms with Gasteiger partial charge in [0.2, 0.25) is 0 Å². The van der Waals surface area contributed by atoms with E-state index in [4.69, 9.17) is 9.47 Å². The Bertz CT molecular complexity index is 413. The predicted molar refractivity (Wildman–Crippen MR) is 60.2 cm³/mol. The van der Waals surface area contributed by atoms with Crippen molar-refractivity contribution in [3.8, 4) is 5.75 Å². The summed E-state index contributed by atoms with van der Waals surface area (Å²) in [5, 5.41) is 0. The molecule has 1 aromatic carbocycles. The molecule has 3 nitrogen and oxygen atoms in total. The summed E-state index contributed by atoms with van der Waals surface area (Å²) in [4.78, 5) is 11.4. The van der Waals surface area contributed by atoms with Crippen molar-refractivity contribution in [2.75, 3.05) is 6.61 Å². The molecule has 1 aliphatic carbocycles. The first-order valence-corrected chi connectivity index (χ1v) is 5.74. The lowest BCUT2D eigenvalue weighted by Gasteiger charge is -2.17. The number of carbonyl (C=O) groups is 1. The number of esters is 1. The minimum Gasteiger partial charge on any atom is -0.487 e. The summed E-state index contributed by atoms with van der Waals surface area (Å²) < 4.78 is 23.5. The zero-order valence-electron chi connectivity index (χ0n) is 9.74. The van der Waals surface area contributed by atoms with E-state index in [0.29, 0.717) is 12.4 Å². The summed E-state index contributed by atoms with van der Waals surface area (Å²) in [5.41, 5.74) is -0.472. The molecule has 0 saturated heterocycles. The number of halogens is 1. The van der Waals surface area contributed by atoms with Gasteiger partial charge >= 0.3 is 5.97 Å². The Kier molecular flexibility index (Phi) is 3.31. The van der Waals surface area contributed by atoms with Crippen LogP contribution in [0.15, 0.2) is 24.3 Å². The van der Waals surface area contributed by atoms with Crippen LogP contribution >= 0.6 is 0 Å². The molecule has 4 heteroatoms. The summed E-state index contributed by atoms with van der Waals surface area (Å²) in [6.07, 6.45) is 1.85. The van der Waals surface area contributed by atoms with Gasteiger partial charge in [-0.25, -0.2) is 4.39 Å². The van der Waals surface area contributed by atoms with Crippen molar-refractivity contribution >= 4 is 5.97 Å². The lowest BCUT2D eigenvalue weighted by atomic mass is 10.2. The van der Waals surface area contributed by atoms with E-state index >= 15 is 0 Å². The lowest BCUT2D eigenvalue weighted by molar-refractivity contribution is -0.145. The molecule has 1 aliphatic rings. The molecule has 0 atom stereocenters. The van der Waals surface area contributed by atoms with Crippen LogP contribution in [0.25, 0.3) is 0 Å². The second-order valence-corrected chi connectivity index (χ2v) is 4.22. The minimum absolute atomic E-state index is 0.233. The van der Waals surface area contributed by atoms with E-state index in [2.05, 4.69) is 0 Å². The molecule has 2 rings (SSSR count). The van der Waals surface area contributed by atoms with Crippen LogP contribution in [0.1, 0.15) is 26.2 Å². The van der Waals surface area contributed by atoms with Gasteiger partial charge in [-0.1, -0.05) is 6.07 Å². The molecule has 0 spiro atoms. The average molecular weight is 238 g/mol. The normalized spacial score (nSPS) is 16.4. The van der Waals surface area contributed by atoms with Gasteiger partial charge in [0, 0.05) is 6.07 Å². The molecule has 1 saturated carbocycles. The van der Waals surface area contributed by atoms with Crippen molar-refractivity contribution in [1.82, 2.24) is 0 Å². The Morgan fingerprint density at radius 1 is 1.47 bits per heavy atom. The molecule has 0 N–H and O–H groups in total. The molecular weight excluding hydrogens is 223 g/mol. The highest BCUT2D eigenvalue weighted by atomic mass is 19.1. The van der Waals surface area contributed by atoms with Gasteiger partial charge in [0.25, 0.3) is 0 Å². The molecule has 92 valence electrons. The van der Waals surface area contributed by atoms with Gasteiger partial charge in [0.15, 0.2) is 0 Å². The molecule has 1 fully saturated rings. The summed E-state index contributed by atoms with van der Waals surface area (Å²) in [6.45, 7) is 2.14. The van der Waals surface area contributed by atoms with Crippen LogP contribution in [-0.2, 0) is 9.53 Å². The van der Waals surface area contributed by atoms with Gasteiger partial charge in [0.05, 0.1) is 13.0 Å². The molecule has 0 aliphatic heterocycles. The standard InChI is InChI=1S/C13H15FO3/c1-2-16-12(15)9-13(6-7-13)17-11-5-3-4-10(14)8-11/h3-5,8H,2,6-7,9H2,1H3. The SMILES string of the molecule is CCOC(=O)CC1(Oc2cccc(F)c2)CC1.